The fraction of sp³-hybridized carbons (Fsp3) is 0.538. The first kappa shape index (κ1) is 24.3. The Bertz CT molecular complexity index is 1120. The highest BCUT2D eigenvalue weighted by Gasteiger charge is 2.35. The van der Waals surface area contributed by atoms with Crippen molar-refractivity contribution in [1.29, 1.82) is 0 Å². The van der Waals surface area contributed by atoms with Gasteiger partial charge in [0.05, 0.1) is 12.2 Å². The van der Waals surface area contributed by atoms with E-state index in [0.717, 1.165) is 64.1 Å². The van der Waals surface area contributed by atoms with Gasteiger partial charge in [-0.15, -0.1) is 0 Å². The molecule has 0 radical (unpaired) electrons. The van der Waals surface area contributed by atoms with E-state index in [1.54, 1.807) is 11.1 Å². The Morgan fingerprint density at radius 1 is 1.17 bits per heavy atom. The van der Waals surface area contributed by atoms with Crippen LogP contribution in [0, 0.1) is 0 Å². The fourth-order valence-corrected chi connectivity index (χ4v) is 5.58. The number of hydrogen-bond donors (Lipinski definition) is 3. The first-order chi connectivity index (χ1) is 17.3. The SMILES string of the molecule is CN1CCN(C2CCCN(c3cnc(C(N)=O)c(Nc4ccc(C5(C)CCNCC5)cc4)n3)C2)C1=O. The largest absolute Gasteiger partial charge is 0.364 e. The molecule has 0 bridgehead atoms. The normalized spacial score (nSPS) is 22.1. The highest BCUT2D eigenvalue weighted by Crippen LogP contribution is 2.34. The third-order valence-electron chi connectivity index (χ3n) is 7.95. The van der Waals surface area contributed by atoms with Crippen molar-refractivity contribution in [3.63, 3.8) is 0 Å². The number of aromatic nitrogens is 2. The molecular weight excluding hydrogens is 456 g/mol. The monoisotopic (exact) mass is 492 g/mol. The third-order valence-corrected chi connectivity index (χ3v) is 7.95. The van der Waals surface area contributed by atoms with Crippen molar-refractivity contribution in [2.75, 3.05) is 56.5 Å². The van der Waals surface area contributed by atoms with Gasteiger partial charge in [0, 0.05) is 38.9 Å². The zero-order chi connectivity index (χ0) is 25.3. The fourth-order valence-electron chi connectivity index (χ4n) is 5.58. The van der Waals surface area contributed by atoms with Gasteiger partial charge in [-0.3, -0.25) is 4.79 Å². The predicted molar refractivity (Wildman–Crippen MR) is 140 cm³/mol. The van der Waals surface area contributed by atoms with Crippen LogP contribution in [0.2, 0.25) is 0 Å². The molecule has 1 aromatic heterocycles. The van der Waals surface area contributed by atoms with Crippen molar-refractivity contribution >= 4 is 29.3 Å². The summed E-state index contributed by atoms with van der Waals surface area (Å²) in [4.78, 5) is 39.6. The van der Waals surface area contributed by atoms with E-state index in [1.165, 1.54) is 5.56 Å². The minimum atomic E-state index is -0.627. The number of benzene rings is 1. The number of likely N-dealkylation sites (N-methyl/N-ethyl adjacent to an activating group) is 1. The Kier molecular flexibility index (Phi) is 6.70. The average Bonchev–Trinajstić information content (AvgIpc) is 3.22. The maximum Gasteiger partial charge on any atom is 0.320 e. The van der Waals surface area contributed by atoms with E-state index in [-0.39, 0.29) is 23.2 Å². The van der Waals surface area contributed by atoms with Gasteiger partial charge in [0.25, 0.3) is 5.91 Å². The lowest BCUT2D eigenvalue weighted by Gasteiger charge is -2.37. The van der Waals surface area contributed by atoms with Gasteiger partial charge in [-0.1, -0.05) is 19.1 Å². The lowest BCUT2D eigenvalue weighted by molar-refractivity contribution is 0.0996. The van der Waals surface area contributed by atoms with Gasteiger partial charge in [-0.05, 0) is 61.9 Å². The summed E-state index contributed by atoms with van der Waals surface area (Å²) >= 11 is 0. The predicted octanol–water partition coefficient (Wildman–Crippen LogP) is 2.30. The van der Waals surface area contributed by atoms with Crippen LogP contribution in [0.4, 0.5) is 22.1 Å². The van der Waals surface area contributed by atoms with Crippen molar-refractivity contribution in [1.82, 2.24) is 25.1 Å². The molecule has 3 aliphatic heterocycles. The van der Waals surface area contributed by atoms with Crippen molar-refractivity contribution in [2.45, 2.75) is 44.1 Å². The molecule has 10 heteroatoms. The first-order valence-electron chi connectivity index (χ1n) is 12.9. The molecule has 5 rings (SSSR count). The Morgan fingerprint density at radius 2 is 1.92 bits per heavy atom. The van der Waals surface area contributed by atoms with Gasteiger partial charge in [-0.2, -0.15) is 0 Å². The molecule has 0 saturated carbocycles. The van der Waals surface area contributed by atoms with Crippen LogP contribution in [-0.2, 0) is 5.41 Å². The van der Waals surface area contributed by atoms with Crippen molar-refractivity contribution < 1.29 is 9.59 Å². The number of rotatable bonds is 6. The van der Waals surface area contributed by atoms with Gasteiger partial charge in [0.2, 0.25) is 0 Å². The van der Waals surface area contributed by atoms with Crippen molar-refractivity contribution in [3.05, 3.63) is 41.7 Å². The molecule has 1 unspecified atom stereocenters. The molecule has 3 amide bonds. The van der Waals surface area contributed by atoms with E-state index in [4.69, 9.17) is 10.7 Å². The summed E-state index contributed by atoms with van der Waals surface area (Å²) in [6.07, 6.45) is 5.74. The molecule has 3 aliphatic rings. The van der Waals surface area contributed by atoms with E-state index < -0.39 is 5.91 Å². The average molecular weight is 493 g/mol. The molecule has 4 heterocycles. The smallest absolute Gasteiger partial charge is 0.320 e. The second-order valence-electron chi connectivity index (χ2n) is 10.4. The maximum absolute atomic E-state index is 12.5. The molecule has 2 aromatic rings. The molecule has 3 saturated heterocycles. The molecule has 1 aromatic carbocycles. The van der Waals surface area contributed by atoms with Gasteiger partial charge in [-0.25, -0.2) is 14.8 Å². The topological polar surface area (TPSA) is 120 Å². The number of nitrogens with zero attached hydrogens (tertiary/aromatic N) is 5. The summed E-state index contributed by atoms with van der Waals surface area (Å²) in [6.45, 7) is 7.38. The van der Waals surface area contributed by atoms with E-state index in [9.17, 15) is 9.59 Å². The van der Waals surface area contributed by atoms with Gasteiger partial charge in [0.15, 0.2) is 11.5 Å². The number of urea groups is 1. The Hall–Kier alpha value is -3.40. The van der Waals surface area contributed by atoms with Gasteiger partial charge < -0.3 is 31.1 Å². The standard InChI is InChI=1S/C26H36N8O2/c1-26(9-11-28-12-10-26)18-5-7-19(8-6-18)30-24-22(23(27)35)29-16-21(31-24)33-13-3-4-20(17-33)34-15-14-32(2)25(34)36/h5-8,16,20,28H,3-4,9-15,17H2,1-2H3,(H2,27,35)(H,30,31). The summed E-state index contributed by atoms with van der Waals surface area (Å²) < 4.78 is 0. The maximum atomic E-state index is 12.5. The van der Waals surface area contributed by atoms with E-state index in [2.05, 4.69) is 39.6 Å². The van der Waals surface area contributed by atoms with Gasteiger partial charge in [0.1, 0.15) is 5.82 Å². The van der Waals surface area contributed by atoms with Crippen LogP contribution in [-0.4, -0.2) is 84.1 Å². The van der Waals surface area contributed by atoms with Crippen LogP contribution < -0.4 is 21.3 Å². The van der Waals surface area contributed by atoms with E-state index >= 15 is 0 Å². The summed E-state index contributed by atoms with van der Waals surface area (Å²) in [5.41, 5.74) is 8.03. The lowest BCUT2D eigenvalue weighted by atomic mass is 9.75. The second-order valence-corrected chi connectivity index (χ2v) is 10.4. The summed E-state index contributed by atoms with van der Waals surface area (Å²) in [6, 6.07) is 8.56. The molecule has 0 spiro atoms. The summed E-state index contributed by atoms with van der Waals surface area (Å²) in [7, 11) is 1.84. The zero-order valence-electron chi connectivity index (χ0n) is 21.2. The number of amides is 3. The Labute approximate surface area is 212 Å². The second kappa shape index (κ2) is 9.93. The molecule has 0 aliphatic carbocycles. The van der Waals surface area contributed by atoms with Crippen LogP contribution in [0.25, 0.3) is 0 Å². The molecular formula is C26H36N8O2. The number of nitrogens with two attached hydrogens (primary N) is 1. The molecule has 36 heavy (non-hydrogen) atoms. The number of nitrogens with one attached hydrogen (secondary N) is 2. The lowest BCUT2D eigenvalue weighted by Crippen LogP contribution is -2.49. The van der Waals surface area contributed by atoms with Crippen LogP contribution in [0.15, 0.2) is 30.5 Å². The third kappa shape index (κ3) is 4.82. The van der Waals surface area contributed by atoms with Crippen molar-refractivity contribution in [3.8, 4) is 0 Å². The Morgan fingerprint density at radius 3 is 2.58 bits per heavy atom. The number of anilines is 3. The minimum absolute atomic E-state index is 0.0844. The van der Waals surface area contributed by atoms with Crippen LogP contribution in [0.5, 0.6) is 0 Å². The Balaban J connectivity index is 1.34. The highest BCUT2D eigenvalue weighted by atomic mass is 16.2. The highest BCUT2D eigenvalue weighted by molar-refractivity contribution is 5.96. The van der Waals surface area contributed by atoms with Gasteiger partial charge >= 0.3 is 6.03 Å². The number of hydrogen-bond acceptors (Lipinski definition) is 7. The minimum Gasteiger partial charge on any atom is -0.364 e. The van der Waals surface area contributed by atoms with Crippen molar-refractivity contribution in [2.24, 2.45) is 5.73 Å². The first-order valence-corrected chi connectivity index (χ1v) is 12.9. The number of primary amides is 1. The number of piperidine rings is 2. The summed E-state index contributed by atoms with van der Waals surface area (Å²) in [5, 5.41) is 6.70. The molecule has 10 nitrogen and oxygen atoms in total. The number of carbonyl (C=O) groups excluding carboxylic acids is 2. The molecule has 192 valence electrons. The van der Waals surface area contributed by atoms with E-state index in [0.29, 0.717) is 18.2 Å². The van der Waals surface area contributed by atoms with E-state index in [1.807, 2.05) is 24.1 Å². The quantitative estimate of drug-likeness (QED) is 0.566. The van der Waals surface area contributed by atoms with Crippen LogP contribution >= 0.6 is 0 Å². The van der Waals surface area contributed by atoms with Crippen LogP contribution in [0.1, 0.15) is 48.7 Å². The van der Waals surface area contributed by atoms with Crippen LogP contribution in [0.3, 0.4) is 0 Å². The molecule has 3 fully saturated rings. The molecule has 1 atom stereocenters. The summed E-state index contributed by atoms with van der Waals surface area (Å²) in [5.74, 6) is 0.392. The number of carbonyl (C=O) groups is 2. The molecule has 4 N–H and O–H groups in total. The zero-order valence-corrected chi connectivity index (χ0v) is 21.2.